The Kier molecular flexibility index (Phi) is 6.85. The highest BCUT2D eigenvalue weighted by Crippen LogP contribution is 2.25. The number of carbonyl (C=O) groups is 2. The quantitative estimate of drug-likeness (QED) is 0.492. The molecule has 0 atom stereocenters. The Labute approximate surface area is 185 Å². The van der Waals surface area contributed by atoms with Crippen molar-refractivity contribution in [3.63, 3.8) is 0 Å². The number of carbonyl (C=O) groups excluding carboxylic acids is 2. The van der Waals surface area contributed by atoms with Crippen LogP contribution in [0.5, 0.6) is 0 Å². The third-order valence-corrected chi connectivity index (χ3v) is 5.44. The molecular weight excluding hydrogens is 423 g/mol. The van der Waals surface area contributed by atoms with Crippen LogP contribution in [0.25, 0.3) is 0 Å². The van der Waals surface area contributed by atoms with Crippen LogP contribution in [-0.2, 0) is 6.54 Å². The third kappa shape index (κ3) is 5.04. The minimum absolute atomic E-state index is 0.0468. The van der Waals surface area contributed by atoms with E-state index in [9.17, 15) is 9.59 Å². The van der Waals surface area contributed by atoms with Crippen LogP contribution in [-0.4, -0.2) is 22.8 Å². The topological polar surface area (TPSA) is 62.6 Å². The number of hydrogen-bond donors (Lipinski definition) is 1. The molecule has 7 heteroatoms. The summed E-state index contributed by atoms with van der Waals surface area (Å²) in [5.41, 5.74) is 2.75. The van der Waals surface area contributed by atoms with Gasteiger partial charge in [0.25, 0.3) is 11.8 Å². The van der Waals surface area contributed by atoms with Gasteiger partial charge in [-0.05, 0) is 68.3 Å². The lowest BCUT2D eigenvalue weighted by atomic mass is 10.1. The summed E-state index contributed by atoms with van der Waals surface area (Å²) in [6.07, 6.45) is 1.44. The first kappa shape index (κ1) is 21.9. The van der Waals surface area contributed by atoms with Gasteiger partial charge in [0.05, 0.1) is 16.3 Å². The molecule has 0 bridgehead atoms. The number of nitrogens with one attached hydrogen (secondary N) is 1. The maximum absolute atomic E-state index is 13.3. The SMILES string of the molecule is Cc1ccc(C(=O)N(Cc2ccc(Cl)c(Cl)c2)C(C)C)cc1NC(=O)c1ccco1. The summed E-state index contributed by atoms with van der Waals surface area (Å²) in [4.78, 5) is 27.3. The molecule has 0 saturated heterocycles. The molecule has 156 valence electrons. The molecule has 30 heavy (non-hydrogen) atoms. The van der Waals surface area contributed by atoms with Crippen molar-refractivity contribution in [3.8, 4) is 0 Å². The van der Waals surface area contributed by atoms with E-state index in [0.717, 1.165) is 11.1 Å². The van der Waals surface area contributed by atoms with Gasteiger partial charge >= 0.3 is 0 Å². The number of benzene rings is 2. The van der Waals surface area contributed by atoms with E-state index in [0.29, 0.717) is 27.8 Å². The number of nitrogens with zero attached hydrogens (tertiary/aromatic N) is 1. The molecule has 0 radical (unpaired) electrons. The van der Waals surface area contributed by atoms with Gasteiger partial charge in [-0.25, -0.2) is 0 Å². The minimum Gasteiger partial charge on any atom is -0.459 e. The van der Waals surface area contributed by atoms with Crippen LogP contribution >= 0.6 is 23.2 Å². The lowest BCUT2D eigenvalue weighted by Gasteiger charge is -2.27. The molecule has 1 aromatic heterocycles. The Hall–Kier alpha value is -2.76. The smallest absolute Gasteiger partial charge is 0.291 e. The van der Waals surface area contributed by atoms with Crippen LogP contribution in [0.15, 0.2) is 59.2 Å². The number of anilines is 1. The zero-order valence-electron chi connectivity index (χ0n) is 16.9. The molecule has 0 unspecified atom stereocenters. The van der Waals surface area contributed by atoms with Crippen LogP contribution in [0.2, 0.25) is 10.0 Å². The Balaban J connectivity index is 1.84. The third-order valence-electron chi connectivity index (χ3n) is 4.70. The van der Waals surface area contributed by atoms with Crippen LogP contribution in [0.3, 0.4) is 0 Å². The maximum Gasteiger partial charge on any atom is 0.291 e. The summed E-state index contributed by atoms with van der Waals surface area (Å²) in [7, 11) is 0. The Morgan fingerprint density at radius 3 is 2.47 bits per heavy atom. The van der Waals surface area contributed by atoms with E-state index in [1.807, 2.05) is 32.9 Å². The monoisotopic (exact) mass is 444 g/mol. The van der Waals surface area contributed by atoms with E-state index in [-0.39, 0.29) is 23.6 Å². The summed E-state index contributed by atoms with van der Waals surface area (Å²) in [5.74, 6) is -0.316. The van der Waals surface area contributed by atoms with Crippen molar-refractivity contribution in [2.45, 2.75) is 33.4 Å². The van der Waals surface area contributed by atoms with Crippen molar-refractivity contribution < 1.29 is 14.0 Å². The van der Waals surface area contributed by atoms with Crippen molar-refractivity contribution >= 4 is 40.7 Å². The van der Waals surface area contributed by atoms with E-state index in [1.165, 1.54) is 6.26 Å². The van der Waals surface area contributed by atoms with Gasteiger partial charge in [-0.2, -0.15) is 0 Å². The molecule has 0 aliphatic carbocycles. The van der Waals surface area contributed by atoms with E-state index >= 15 is 0 Å². The average Bonchev–Trinajstić information content (AvgIpc) is 3.24. The van der Waals surface area contributed by atoms with Gasteiger partial charge in [0.15, 0.2) is 5.76 Å². The first-order chi connectivity index (χ1) is 14.3. The fraction of sp³-hybridized carbons (Fsp3) is 0.217. The number of amides is 2. The van der Waals surface area contributed by atoms with Crippen molar-refractivity contribution in [2.75, 3.05) is 5.32 Å². The van der Waals surface area contributed by atoms with Gasteiger partial charge in [0.1, 0.15) is 0 Å². The maximum atomic E-state index is 13.3. The summed E-state index contributed by atoms with van der Waals surface area (Å²) in [6, 6.07) is 13.8. The van der Waals surface area contributed by atoms with Gasteiger partial charge < -0.3 is 14.6 Å². The fourth-order valence-corrected chi connectivity index (χ4v) is 3.29. The molecule has 1 N–H and O–H groups in total. The van der Waals surface area contributed by atoms with Crippen molar-refractivity contribution in [3.05, 3.63) is 87.3 Å². The van der Waals surface area contributed by atoms with Gasteiger partial charge in [-0.15, -0.1) is 0 Å². The number of halogens is 2. The molecule has 0 fully saturated rings. The molecule has 3 aromatic rings. The van der Waals surface area contributed by atoms with Gasteiger partial charge in [-0.1, -0.05) is 35.3 Å². The molecule has 2 aromatic carbocycles. The Morgan fingerprint density at radius 1 is 1.07 bits per heavy atom. The second kappa shape index (κ2) is 9.37. The minimum atomic E-state index is -0.371. The predicted molar refractivity (Wildman–Crippen MR) is 119 cm³/mol. The summed E-state index contributed by atoms with van der Waals surface area (Å²) in [6.45, 7) is 6.14. The molecule has 5 nitrogen and oxygen atoms in total. The number of rotatable bonds is 6. The van der Waals surface area contributed by atoms with Crippen LogP contribution in [0.4, 0.5) is 5.69 Å². The lowest BCUT2D eigenvalue weighted by molar-refractivity contribution is 0.0690. The molecule has 0 aliphatic rings. The second-order valence-corrected chi connectivity index (χ2v) is 8.05. The second-order valence-electron chi connectivity index (χ2n) is 7.24. The predicted octanol–water partition coefficient (Wildman–Crippen LogP) is 6.20. The average molecular weight is 445 g/mol. The molecule has 0 saturated carbocycles. The standard InChI is InChI=1S/C23H22Cl2N2O3/c1-14(2)27(13-16-7-9-18(24)19(25)11-16)23(29)17-8-6-15(3)20(12-17)26-22(28)21-5-4-10-30-21/h4-12,14H,13H2,1-3H3,(H,26,28). The molecule has 0 aliphatic heterocycles. The summed E-state index contributed by atoms with van der Waals surface area (Å²) >= 11 is 12.1. The Bertz CT molecular complexity index is 1060. The van der Waals surface area contributed by atoms with Crippen LogP contribution in [0.1, 0.15) is 45.9 Å². The molecule has 1 heterocycles. The fourth-order valence-electron chi connectivity index (χ4n) is 2.97. The number of aryl methyl sites for hydroxylation is 1. The van der Waals surface area contributed by atoms with Crippen LogP contribution < -0.4 is 5.32 Å². The number of furan rings is 1. The van der Waals surface area contributed by atoms with E-state index < -0.39 is 0 Å². The number of hydrogen-bond acceptors (Lipinski definition) is 3. The van der Waals surface area contributed by atoms with Gasteiger partial charge in [-0.3, -0.25) is 9.59 Å². The normalized spacial score (nSPS) is 10.9. The highest BCUT2D eigenvalue weighted by molar-refractivity contribution is 6.42. The summed E-state index contributed by atoms with van der Waals surface area (Å²) in [5, 5.41) is 3.72. The first-order valence-electron chi connectivity index (χ1n) is 9.46. The largest absolute Gasteiger partial charge is 0.459 e. The molecule has 3 rings (SSSR count). The van der Waals surface area contributed by atoms with Gasteiger partial charge in [0, 0.05) is 23.8 Å². The van der Waals surface area contributed by atoms with E-state index in [1.54, 1.807) is 41.3 Å². The van der Waals surface area contributed by atoms with E-state index in [2.05, 4.69) is 5.32 Å². The van der Waals surface area contributed by atoms with Crippen molar-refractivity contribution in [1.29, 1.82) is 0 Å². The highest BCUT2D eigenvalue weighted by atomic mass is 35.5. The summed E-state index contributed by atoms with van der Waals surface area (Å²) < 4.78 is 5.13. The van der Waals surface area contributed by atoms with Crippen molar-refractivity contribution in [1.82, 2.24) is 4.90 Å². The van der Waals surface area contributed by atoms with Crippen LogP contribution in [0, 0.1) is 6.92 Å². The molecule has 2 amide bonds. The van der Waals surface area contributed by atoms with Gasteiger partial charge in [0.2, 0.25) is 0 Å². The first-order valence-corrected chi connectivity index (χ1v) is 10.2. The zero-order valence-corrected chi connectivity index (χ0v) is 18.4. The van der Waals surface area contributed by atoms with E-state index in [4.69, 9.17) is 27.6 Å². The molecule has 0 spiro atoms. The lowest BCUT2D eigenvalue weighted by Crippen LogP contribution is -2.36. The zero-order chi connectivity index (χ0) is 21.8. The molecular formula is C23H22Cl2N2O3. The van der Waals surface area contributed by atoms with Crippen molar-refractivity contribution in [2.24, 2.45) is 0 Å². The Morgan fingerprint density at radius 2 is 1.83 bits per heavy atom. The highest BCUT2D eigenvalue weighted by Gasteiger charge is 2.21.